The van der Waals surface area contributed by atoms with Crippen LogP contribution in [0.2, 0.25) is 5.02 Å². The van der Waals surface area contributed by atoms with Gasteiger partial charge in [-0.05, 0) is 43.2 Å². The van der Waals surface area contributed by atoms with Crippen LogP contribution < -0.4 is 14.4 Å². The molecule has 146 valence electrons. The molecule has 0 radical (unpaired) electrons. The molecule has 0 spiro atoms. The summed E-state index contributed by atoms with van der Waals surface area (Å²) >= 11 is 6.07. The van der Waals surface area contributed by atoms with Gasteiger partial charge in [0.15, 0.2) is 0 Å². The molecule has 0 aromatic heterocycles. The molecule has 8 heteroatoms. The molecule has 0 aliphatic heterocycles. The molecule has 0 aliphatic carbocycles. The summed E-state index contributed by atoms with van der Waals surface area (Å²) in [6.07, 6.45) is 1.03. The van der Waals surface area contributed by atoms with E-state index >= 15 is 0 Å². The number of benzene rings is 2. The molecule has 27 heavy (non-hydrogen) atoms. The topological polar surface area (TPSA) is 75.7 Å². The molecule has 1 N–H and O–H groups in total. The first-order valence-electron chi connectivity index (χ1n) is 8.38. The fourth-order valence-electron chi connectivity index (χ4n) is 2.45. The number of nitrogens with one attached hydrogen (secondary N) is 1. The van der Waals surface area contributed by atoms with Crippen LogP contribution in [0.25, 0.3) is 0 Å². The molecular formula is C19H23ClN2O4S. The fraction of sp³-hybridized carbons (Fsp3) is 0.316. The van der Waals surface area contributed by atoms with Gasteiger partial charge in [-0.2, -0.15) is 0 Å². The Kier molecular flexibility index (Phi) is 7.10. The van der Waals surface area contributed by atoms with Gasteiger partial charge in [-0.1, -0.05) is 35.9 Å². The number of ether oxygens (including phenoxy) is 1. The van der Waals surface area contributed by atoms with Crippen molar-refractivity contribution in [2.24, 2.45) is 0 Å². The van der Waals surface area contributed by atoms with Gasteiger partial charge in [0.05, 0.1) is 23.5 Å². The van der Waals surface area contributed by atoms with Crippen molar-refractivity contribution in [1.29, 1.82) is 0 Å². The lowest BCUT2D eigenvalue weighted by Gasteiger charge is -2.22. The molecule has 0 unspecified atom stereocenters. The number of para-hydroxylation sites is 1. The molecule has 2 aromatic rings. The number of sulfonamides is 1. The summed E-state index contributed by atoms with van der Waals surface area (Å²) in [5.41, 5.74) is 2.44. The summed E-state index contributed by atoms with van der Waals surface area (Å²) in [5, 5.41) is 2.92. The molecule has 0 fully saturated rings. The van der Waals surface area contributed by atoms with Gasteiger partial charge in [0.1, 0.15) is 18.9 Å². The standard InChI is InChI=1S/C19H23ClN2O4S/c1-14-7-6-10-18(15(14)2)26-12-11-21-19(23)13-22(27(3,24)25)17-9-5-4-8-16(17)20/h4-10H,11-13H2,1-3H3,(H,21,23). The van der Waals surface area contributed by atoms with E-state index in [9.17, 15) is 13.2 Å². The average Bonchev–Trinajstić information content (AvgIpc) is 2.60. The van der Waals surface area contributed by atoms with Crippen molar-refractivity contribution in [2.45, 2.75) is 13.8 Å². The van der Waals surface area contributed by atoms with Crippen LogP contribution in [0.15, 0.2) is 42.5 Å². The van der Waals surface area contributed by atoms with E-state index in [4.69, 9.17) is 16.3 Å². The zero-order chi connectivity index (χ0) is 20.0. The van der Waals surface area contributed by atoms with Crippen LogP contribution in [0.1, 0.15) is 11.1 Å². The van der Waals surface area contributed by atoms with Crippen molar-refractivity contribution in [3.63, 3.8) is 0 Å². The Morgan fingerprint density at radius 3 is 2.52 bits per heavy atom. The third-order valence-corrected chi connectivity index (χ3v) is 5.49. The van der Waals surface area contributed by atoms with Crippen LogP contribution in [0, 0.1) is 13.8 Å². The van der Waals surface area contributed by atoms with Gasteiger partial charge in [0, 0.05) is 0 Å². The molecule has 0 bridgehead atoms. The van der Waals surface area contributed by atoms with E-state index in [0.717, 1.165) is 27.4 Å². The van der Waals surface area contributed by atoms with E-state index < -0.39 is 15.9 Å². The normalized spacial score (nSPS) is 11.1. The highest BCUT2D eigenvalue weighted by Crippen LogP contribution is 2.26. The Morgan fingerprint density at radius 2 is 1.85 bits per heavy atom. The molecule has 0 aliphatic rings. The predicted octanol–water partition coefficient (Wildman–Crippen LogP) is 2.92. The highest BCUT2D eigenvalue weighted by Gasteiger charge is 2.22. The smallest absolute Gasteiger partial charge is 0.240 e. The average molecular weight is 411 g/mol. The Labute approximate surface area is 165 Å². The van der Waals surface area contributed by atoms with Crippen molar-refractivity contribution in [2.75, 3.05) is 30.3 Å². The third-order valence-electron chi connectivity index (χ3n) is 4.05. The van der Waals surface area contributed by atoms with Crippen molar-refractivity contribution in [3.05, 3.63) is 58.6 Å². The molecule has 0 atom stereocenters. The number of carbonyl (C=O) groups is 1. The second-order valence-corrected chi connectivity index (χ2v) is 8.43. The molecule has 1 amide bonds. The van der Waals surface area contributed by atoms with Crippen LogP contribution in [0.5, 0.6) is 5.75 Å². The van der Waals surface area contributed by atoms with Crippen LogP contribution in [0.4, 0.5) is 5.69 Å². The van der Waals surface area contributed by atoms with E-state index in [2.05, 4.69) is 5.32 Å². The summed E-state index contributed by atoms with van der Waals surface area (Å²) in [6, 6.07) is 12.3. The lowest BCUT2D eigenvalue weighted by atomic mass is 10.1. The Morgan fingerprint density at radius 1 is 1.15 bits per heavy atom. The number of hydrogen-bond donors (Lipinski definition) is 1. The van der Waals surface area contributed by atoms with Crippen molar-refractivity contribution < 1.29 is 17.9 Å². The number of halogens is 1. The predicted molar refractivity (Wildman–Crippen MR) is 108 cm³/mol. The molecule has 2 aromatic carbocycles. The molecule has 0 saturated heterocycles. The first-order valence-corrected chi connectivity index (χ1v) is 10.6. The molecule has 6 nitrogen and oxygen atoms in total. The summed E-state index contributed by atoms with van der Waals surface area (Å²) in [6.45, 7) is 4.15. The Bertz CT molecular complexity index is 916. The number of aryl methyl sites for hydroxylation is 1. The monoisotopic (exact) mass is 410 g/mol. The van der Waals surface area contributed by atoms with E-state index in [-0.39, 0.29) is 30.4 Å². The van der Waals surface area contributed by atoms with Crippen molar-refractivity contribution in [1.82, 2.24) is 5.32 Å². The van der Waals surface area contributed by atoms with Gasteiger partial charge in [-0.15, -0.1) is 0 Å². The minimum atomic E-state index is -3.66. The SMILES string of the molecule is Cc1cccc(OCCNC(=O)CN(c2ccccc2Cl)S(C)(=O)=O)c1C. The van der Waals surface area contributed by atoms with E-state index in [0.29, 0.717) is 0 Å². The van der Waals surface area contributed by atoms with Gasteiger partial charge >= 0.3 is 0 Å². The van der Waals surface area contributed by atoms with E-state index in [1.807, 2.05) is 32.0 Å². The summed E-state index contributed by atoms with van der Waals surface area (Å²) in [5.74, 6) is 0.322. The van der Waals surface area contributed by atoms with Crippen molar-refractivity contribution >= 4 is 33.2 Å². The molecule has 0 heterocycles. The van der Waals surface area contributed by atoms with Crippen LogP contribution >= 0.6 is 11.6 Å². The molecule has 2 rings (SSSR count). The largest absolute Gasteiger partial charge is 0.491 e. The lowest BCUT2D eigenvalue weighted by Crippen LogP contribution is -2.41. The van der Waals surface area contributed by atoms with Gasteiger partial charge in [0.25, 0.3) is 0 Å². The zero-order valence-corrected chi connectivity index (χ0v) is 17.1. The number of amides is 1. The highest BCUT2D eigenvalue weighted by atomic mass is 35.5. The second kappa shape index (κ2) is 9.10. The molecule has 0 saturated carbocycles. The Balaban J connectivity index is 1.93. The number of rotatable bonds is 8. The number of carbonyl (C=O) groups excluding carboxylic acids is 1. The second-order valence-electron chi connectivity index (χ2n) is 6.12. The van der Waals surface area contributed by atoms with E-state index in [1.165, 1.54) is 0 Å². The summed E-state index contributed by atoms with van der Waals surface area (Å²) in [7, 11) is -3.66. The summed E-state index contributed by atoms with van der Waals surface area (Å²) in [4.78, 5) is 12.2. The number of hydrogen-bond acceptors (Lipinski definition) is 4. The van der Waals surface area contributed by atoms with Gasteiger partial charge < -0.3 is 10.1 Å². The zero-order valence-electron chi connectivity index (χ0n) is 15.5. The first kappa shape index (κ1) is 21.1. The van der Waals surface area contributed by atoms with Crippen LogP contribution in [-0.2, 0) is 14.8 Å². The van der Waals surface area contributed by atoms with Crippen LogP contribution in [-0.4, -0.2) is 40.3 Å². The molecular weight excluding hydrogens is 388 g/mol. The van der Waals surface area contributed by atoms with Gasteiger partial charge in [0.2, 0.25) is 15.9 Å². The maximum absolute atomic E-state index is 12.2. The summed E-state index contributed by atoms with van der Waals surface area (Å²) < 4.78 is 30.8. The number of anilines is 1. The fourth-order valence-corrected chi connectivity index (χ4v) is 3.61. The maximum atomic E-state index is 12.2. The van der Waals surface area contributed by atoms with Crippen LogP contribution in [0.3, 0.4) is 0 Å². The Hall–Kier alpha value is -2.25. The van der Waals surface area contributed by atoms with Crippen molar-refractivity contribution in [3.8, 4) is 5.75 Å². The maximum Gasteiger partial charge on any atom is 0.240 e. The highest BCUT2D eigenvalue weighted by molar-refractivity contribution is 7.92. The third kappa shape index (κ3) is 5.87. The number of nitrogens with zero attached hydrogens (tertiary/aromatic N) is 1. The van der Waals surface area contributed by atoms with Gasteiger partial charge in [-0.3, -0.25) is 9.10 Å². The lowest BCUT2D eigenvalue weighted by molar-refractivity contribution is -0.119. The van der Waals surface area contributed by atoms with Gasteiger partial charge in [-0.25, -0.2) is 8.42 Å². The van der Waals surface area contributed by atoms with E-state index in [1.54, 1.807) is 24.3 Å². The quantitative estimate of drug-likeness (QED) is 0.679. The minimum absolute atomic E-state index is 0.256. The first-order chi connectivity index (χ1) is 12.7. The minimum Gasteiger partial charge on any atom is -0.491 e.